The molecule has 0 radical (unpaired) electrons. The highest BCUT2D eigenvalue weighted by molar-refractivity contribution is 7.59. The number of nitrogens with two attached hydrogens (primary N) is 1. The summed E-state index contributed by atoms with van der Waals surface area (Å²) in [5.74, 6) is -0.419. The molecule has 0 aromatic carbocycles. The molecule has 38 heavy (non-hydrogen) atoms. The monoisotopic (exact) mass is 554 g/mol. The van der Waals surface area contributed by atoms with E-state index in [0.717, 1.165) is 12.8 Å². The van der Waals surface area contributed by atoms with Gasteiger partial charge in [-0.05, 0) is 54.4 Å². The standard InChI is InChI=1S/C23H39N8O6P/c1-13(2)36-21(32)15(5)29-38(34,30-16(6)22(33)37-14(3)4)12-35-10-9-31-11-25-18-19(26-17-7-8-17)27-23(24)28-20(18)31/h11,13-17H,7-10,12H2,1-6H3,(H2,29,30,34)(H3,24,26,27,28)/t15-,16-/m0/s1. The van der Waals surface area contributed by atoms with Crippen LogP contribution in [0.5, 0.6) is 0 Å². The Kier molecular flexibility index (Phi) is 10.0. The molecule has 212 valence electrons. The molecule has 2 aromatic rings. The highest BCUT2D eigenvalue weighted by Crippen LogP contribution is 2.38. The van der Waals surface area contributed by atoms with E-state index in [9.17, 15) is 14.2 Å². The molecule has 0 saturated heterocycles. The van der Waals surface area contributed by atoms with Crippen LogP contribution in [-0.2, 0) is 34.9 Å². The van der Waals surface area contributed by atoms with Gasteiger partial charge in [0.25, 0.3) is 0 Å². The highest BCUT2D eigenvalue weighted by Gasteiger charge is 2.32. The molecule has 1 aliphatic carbocycles. The third-order valence-electron chi connectivity index (χ3n) is 5.36. The summed E-state index contributed by atoms with van der Waals surface area (Å²) in [4.78, 5) is 37.6. The Balaban J connectivity index is 1.65. The summed E-state index contributed by atoms with van der Waals surface area (Å²) in [7, 11) is -3.61. The van der Waals surface area contributed by atoms with Gasteiger partial charge < -0.3 is 29.8 Å². The lowest BCUT2D eigenvalue weighted by molar-refractivity contribution is -0.149. The molecule has 1 aliphatic rings. The van der Waals surface area contributed by atoms with Crippen molar-refractivity contribution >= 4 is 42.3 Å². The lowest BCUT2D eigenvalue weighted by Crippen LogP contribution is -2.43. The minimum atomic E-state index is -3.61. The van der Waals surface area contributed by atoms with Crippen LogP contribution in [0.3, 0.4) is 0 Å². The smallest absolute Gasteiger partial charge is 0.323 e. The molecule has 0 bridgehead atoms. The van der Waals surface area contributed by atoms with E-state index in [1.54, 1.807) is 38.6 Å². The number of anilines is 2. The maximum Gasteiger partial charge on any atom is 0.323 e. The van der Waals surface area contributed by atoms with Crippen molar-refractivity contribution in [2.24, 2.45) is 0 Å². The number of hydrogen-bond acceptors (Lipinski definition) is 11. The van der Waals surface area contributed by atoms with Crippen LogP contribution in [0.4, 0.5) is 11.8 Å². The second kappa shape index (κ2) is 12.8. The molecule has 1 saturated carbocycles. The first-order valence-electron chi connectivity index (χ1n) is 12.7. The molecule has 0 spiro atoms. The predicted molar refractivity (Wildman–Crippen MR) is 142 cm³/mol. The van der Waals surface area contributed by atoms with Crippen molar-refractivity contribution in [1.29, 1.82) is 0 Å². The summed E-state index contributed by atoms with van der Waals surface area (Å²) in [5, 5.41) is 8.86. The third-order valence-corrected chi connectivity index (χ3v) is 7.52. The van der Waals surface area contributed by atoms with E-state index < -0.39 is 31.5 Å². The van der Waals surface area contributed by atoms with Crippen molar-refractivity contribution in [3.05, 3.63) is 6.33 Å². The van der Waals surface area contributed by atoms with Gasteiger partial charge in [-0.15, -0.1) is 0 Å². The van der Waals surface area contributed by atoms with Gasteiger partial charge in [0, 0.05) is 12.6 Å². The largest absolute Gasteiger partial charge is 0.462 e. The van der Waals surface area contributed by atoms with Crippen LogP contribution in [0, 0.1) is 0 Å². The van der Waals surface area contributed by atoms with Gasteiger partial charge in [-0.25, -0.2) is 15.2 Å². The van der Waals surface area contributed by atoms with Gasteiger partial charge in [0.15, 0.2) is 17.0 Å². The van der Waals surface area contributed by atoms with Crippen LogP contribution >= 0.6 is 7.44 Å². The Morgan fingerprint density at radius 1 is 1.05 bits per heavy atom. The number of imidazole rings is 1. The van der Waals surface area contributed by atoms with Gasteiger partial charge in [0.2, 0.25) is 13.4 Å². The highest BCUT2D eigenvalue weighted by atomic mass is 31.2. The van der Waals surface area contributed by atoms with Crippen LogP contribution in [0.2, 0.25) is 0 Å². The number of nitrogens with one attached hydrogen (secondary N) is 3. The molecular formula is C23H39N8O6P. The van der Waals surface area contributed by atoms with E-state index >= 15 is 0 Å². The van der Waals surface area contributed by atoms with Gasteiger partial charge >= 0.3 is 11.9 Å². The van der Waals surface area contributed by atoms with E-state index in [1.807, 2.05) is 0 Å². The molecule has 2 aromatic heterocycles. The Bertz CT molecular complexity index is 1130. The summed E-state index contributed by atoms with van der Waals surface area (Å²) >= 11 is 0. The topological polar surface area (TPSA) is 185 Å². The number of rotatable bonds is 15. The minimum Gasteiger partial charge on any atom is -0.462 e. The maximum absolute atomic E-state index is 13.8. The molecule has 0 aliphatic heterocycles. The number of carbonyl (C=O) groups is 2. The predicted octanol–water partition coefficient (Wildman–Crippen LogP) is 2.01. The van der Waals surface area contributed by atoms with E-state index in [4.69, 9.17) is 19.9 Å². The van der Waals surface area contributed by atoms with Gasteiger partial charge in [-0.2, -0.15) is 9.97 Å². The zero-order valence-electron chi connectivity index (χ0n) is 22.8. The number of esters is 2. The molecule has 3 rings (SSSR count). The average Bonchev–Trinajstić information content (AvgIpc) is 3.53. The first kappa shape index (κ1) is 29.8. The van der Waals surface area contributed by atoms with Crippen LogP contribution < -0.4 is 21.2 Å². The normalized spacial score (nSPS) is 15.6. The van der Waals surface area contributed by atoms with Crippen molar-refractivity contribution in [3.63, 3.8) is 0 Å². The second-order valence-electron chi connectivity index (χ2n) is 9.91. The fourth-order valence-corrected chi connectivity index (χ4v) is 5.59. The zero-order chi connectivity index (χ0) is 28.0. The van der Waals surface area contributed by atoms with Crippen LogP contribution in [0.1, 0.15) is 54.4 Å². The fourth-order valence-electron chi connectivity index (χ4n) is 3.51. The number of nitrogens with zero attached hydrogens (tertiary/aromatic N) is 4. The molecule has 1 fully saturated rings. The molecule has 14 nitrogen and oxygen atoms in total. The van der Waals surface area contributed by atoms with Crippen LogP contribution in [-0.4, -0.2) is 74.7 Å². The van der Waals surface area contributed by atoms with Crippen molar-refractivity contribution < 1.29 is 28.4 Å². The van der Waals surface area contributed by atoms with Crippen molar-refractivity contribution in [3.8, 4) is 0 Å². The van der Waals surface area contributed by atoms with E-state index in [-0.39, 0.29) is 31.1 Å². The lowest BCUT2D eigenvalue weighted by atomic mass is 10.4. The molecule has 0 unspecified atom stereocenters. The van der Waals surface area contributed by atoms with E-state index in [0.29, 0.717) is 29.6 Å². The Morgan fingerprint density at radius 2 is 1.63 bits per heavy atom. The fraction of sp³-hybridized carbons (Fsp3) is 0.696. The van der Waals surface area contributed by atoms with Crippen molar-refractivity contribution in [2.45, 2.75) is 91.3 Å². The minimum absolute atomic E-state index is 0.130. The first-order chi connectivity index (χ1) is 17.9. The molecule has 5 N–H and O–H groups in total. The number of hydrogen-bond donors (Lipinski definition) is 4. The maximum atomic E-state index is 13.8. The summed E-state index contributed by atoms with van der Waals surface area (Å²) in [5.41, 5.74) is 7.06. The van der Waals surface area contributed by atoms with Gasteiger partial charge in [0.1, 0.15) is 18.4 Å². The SMILES string of the molecule is CC(C)OC(=O)[C@H](C)NP(=O)(COCCn1cnc2c(NC3CC3)nc(N)nc21)N[C@@H](C)C(=O)OC(C)C. The number of aromatic nitrogens is 4. The first-order valence-corrected chi connectivity index (χ1v) is 14.6. The Hall–Kier alpha value is -2.80. The molecule has 2 atom stereocenters. The number of nitrogen functional groups attached to an aromatic ring is 1. The van der Waals surface area contributed by atoms with Crippen LogP contribution in [0.15, 0.2) is 6.33 Å². The third kappa shape index (κ3) is 8.62. The summed E-state index contributed by atoms with van der Waals surface area (Å²) in [6.45, 7) is 10.4. The Labute approximate surface area is 222 Å². The summed E-state index contributed by atoms with van der Waals surface area (Å²) in [6, 6.07) is -1.46. The number of ether oxygens (including phenoxy) is 3. The number of carbonyl (C=O) groups excluding carboxylic acids is 2. The van der Waals surface area contributed by atoms with Gasteiger partial charge in [-0.1, -0.05) is 0 Å². The summed E-state index contributed by atoms with van der Waals surface area (Å²) in [6.07, 6.45) is 2.79. The molecule has 15 heteroatoms. The summed E-state index contributed by atoms with van der Waals surface area (Å²) < 4.78 is 31.7. The van der Waals surface area contributed by atoms with Crippen molar-refractivity contribution in [2.75, 3.05) is 24.0 Å². The zero-order valence-corrected chi connectivity index (χ0v) is 23.7. The lowest BCUT2D eigenvalue weighted by Gasteiger charge is -2.27. The quantitative estimate of drug-likeness (QED) is 0.142. The van der Waals surface area contributed by atoms with Crippen molar-refractivity contribution in [1.82, 2.24) is 29.7 Å². The molecule has 0 amide bonds. The van der Waals surface area contributed by atoms with Crippen LogP contribution in [0.25, 0.3) is 11.2 Å². The molecular weight excluding hydrogens is 515 g/mol. The average molecular weight is 555 g/mol. The Morgan fingerprint density at radius 3 is 2.16 bits per heavy atom. The van der Waals surface area contributed by atoms with E-state index in [1.165, 1.54) is 13.8 Å². The van der Waals surface area contributed by atoms with Gasteiger partial charge in [0.05, 0.1) is 25.1 Å². The second-order valence-corrected chi connectivity index (χ2v) is 12.2. The number of fused-ring (bicyclic) bond motifs is 1. The molecule has 2 heterocycles. The van der Waals surface area contributed by atoms with E-state index in [2.05, 4.69) is 30.4 Å². The van der Waals surface area contributed by atoms with Gasteiger partial charge in [-0.3, -0.25) is 14.2 Å².